The van der Waals surface area contributed by atoms with E-state index in [0.29, 0.717) is 13.1 Å². The number of carbonyl (C=O) groups is 1. The van der Waals surface area contributed by atoms with E-state index < -0.39 is 21.3 Å². The number of hydrogen-bond acceptors (Lipinski definition) is 6. The Morgan fingerprint density at radius 1 is 1.59 bits per heavy atom. The van der Waals surface area contributed by atoms with Crippen LogP contribution in [0.4, 0.5) is 0 Å². The lowest BCUT2D eigenvalue weighted by atomic mass is 10.0. The Hall–Kier alpha value is -0.660. The SMILES string of the molecule is COC(=O)C(C)(N)CN1CCS(=O)(=O)CC1C. The van der Waals surface area contributed by atoms with Crippen molar-refractivity contribution in [3.63, 3.8) is 0 Å². The predicted molar refractivity (Wildman–Crippen MR) is 64.3 cm³/mol. The first kappa shape index (κ1) is 14.4. The molecule has 100 valence electrons. The zero-order valence-electron chi connectivity index (χ0n) is 10.5. The van der Waals surface area contributed by atoms with Crippen molar-refractivity contribution in [3.8, 4) is 0 Å². The van der Waals surface area contributed by atoms with E-state index in [-0.39, 0.29) is 17.5 Å². The highest BCUT2D eigenvalue weighted by molar-refractivity contribution is 7.91. The molecule has 0 saturated carbocycles. The maximum atomic E-state index is 11.4. The van der Waals surface area contributed by atoms with E-state index in [1.54, 1.807) is 6.92 Å². The smallest absolute Gasteiger partial charge is 0.326 e. The molecule has 1 saturated heterocycles. The maximum Gasteiger partial charge on any atom is 0.326 e. The van der Waals surface area contributed by atoms with Crippen LogP contribution in [0.15, 0.2) is 0 Å². The fourth-order valence-electron chi connectivity index (χ4n) is 1.99. The van der Waals surface area contributed by atoms with Gasteiger partial charge in [-0.3, -0.25) is 9.69 Å². The summed E-state index contributed by atoms with van der Waals surface area (Å²) in [4.78, 5) is 13.4. The number of sulfone groups is 1. The summed E-state index contributed by atoms with van der Waals surface area (Å²) in [5.41, 5.74) is 4.76. The fourth-order valence-corrected chi connectivity index (χ4v) is 3.61. The van der Waals surface area contributed by atoms with Gasteiger partial charge in [-0.1, -0.05) is 0 Å². The standard InChI is InChI=1S/C10H20N2O4S/c1-8-6-17(14,15)5-4-12(8)7-10(2,11)9(13)16-3/h8H,4-7,11H2,1-3H3. The molecule has 0 aromatic rings. The first-order chi connectivity index (χ1) is 7.68. The Morgan fingerprint density at radius 3 is 2.65 bits per heavy atom. The van der Waals surface area contributed by atoms with Crippen molar-refractivity contribution in [2.45, 2.75) is 25.4 Å². The van der Waals surface area contributed by atoms with E-state index in [9.17, 15) is 13.2 Å². The summed E-state index contributed by atoms with van der Waals surface area (Å²) in [5.74, 6) is -0.253. The van der Waals surface area contributed by atoms with Gasteiger partial charge in [0.1, 0.15) is 5.54 Å². The van der Waals surface area contributed by atoms with Gasteiger partial charge in [0.05, 0.1) is 18.6 Å². The van der Waals surface area contributed by atoms with E-state index in [4.69, 9.17) is 5.73 Å². The lowest BCUT2D eigenvalue weighted by Crippen LogP contribution is -2.59. The first-order valence-corrected chi connectivity index (χ1v) is 7.32. The molecule has 0 aromatic heterocycles. The van der Waals surface area contributed by atoms with Crippen molar-refractivity contribution in [2.75, 3.05) is 31.7 Å². The Kier molecular flexibility index (Phi) is 4.16. The fraction of sp³-hybridized carbons (Fsp3) is 0.900. The monoisotopic (exact) mass is 264 g/mol. The highest BCUT2D eigenvalue weighted by Crippen LogP contribution is 2.15. The summed E-state index contributed by atoms with van der Waals surface area (Å²) in [6.45, 7) is 4.13. The van der Waals surface area contributed by atoms with Gasteiger partial charge < -0.3 is 10.5 Å². The third-order valence-electron chi connectivity index (χ3n) is 2.99. The average Bonchev–Trinajstić information content (AvgIpc) is 2.20. The van der Waals surface area contributed by atoms with E-state index in [0.717, 1.165) is 0 Å². The number of ether oxygens (including phenoxy) is 1. The molecule has 1 fully saturated rings. The molecule has 0 aromatic carbocycles. The molecule has 2 unspecified atom stereocenters. The van der Waals surface area contributed by atoms with Crippen LogP contribution < -0.4 is 5.73 Å². The van der Waals surface area contributed by atoms with Gasteiger partial charge in [-0.25, -0.2) is 8.42 Å². The Morgan fingerprint density at radius 2 is 2.18 bits per heavy atom. The Balaban J connectivity index is 2.68. The number of hydrogen-bond donors (Lipinski definition) is 1. The van der Waals surface area contributed by atoms with Gasteiger partial charge >= 0.3 is 5.97 Å². The molecule has 17 heavy (non-hydrogen) atoms. The summed E-state index contributed by atoms with van der Waals surface area (Å²) in [7, 11) is -1.66. The molecule has 1 aliphatic rings. The Labute approximate surface area is 102 Å². The minimum Gasteiger partial charge on any atom is -0.468 e. The third kappa shape index (κ3) is 3.65. The molecule has 1 rings (SSSR count). The van der Waals surface area contributed by atoms with Gasteiger partial charge in [0.25, 0.3) is 0 Å². The molecular weight excluding hydrogens is 244 g/mol. The van der Waals surface area contributed by atoms with Crippen LogP contribution in [0, 0.1) is 0 Å². The van der Waals surface area contributed by atoms with E-state index >= 15 is 0 Å². The van der Waals surface area contributed by atoms with Gasteiger partial charge in [0.15, 0.2) is 9.84 Å². The highest BCUT2D eigenvalue weighted by Gasteiger charge is 2.36. The highest BCUT2D eigenvalue weighted by atomic mass is 32.2. The number of nitrogens with two attached hydrogens (primary N) is 1. The van der Waals surface area contributed by atoms with Crippen LogP contribution in [-0.2, 0) is 19.4 Å². The average molecular weight is 264 g/mol. The molecule has 1 aliphatic heterocycles. The molecule has 6 nitrogen and oxygen atoms in total. The summed E-state index contributed by atoms with van der Waals surface area (Å²) < 4.78 is 27.4. The van der Waals surface area contributed by atoms with Crippen molar-refractivity contribution in [2.24, 2.45) is 5.73 Å². The van der Waals surface area contributed by atoms with Crippen molar-refractivity contribution >= 4 is 15.8 Å². The molecule has 7 heteroatoms. The van der Waals surface area contributed by atoms with Crippen LogP contribution in [0.3, 0.4) is 0 Å². The van der Waals surface area contributed by atoms with Gasteiger partial charge in [0.2, 0.25) is 0 Å². The van der Waals surface area contributed by atoms with Gasteiger partial charge in [-0.05, 0) is 13.8 Å². The largest absolute Gasteiger partial charge is 0.468 e. The van der Waals surface area contributed by atoms with E-state index in [2.05, 4.69) is 4.74 Å². The second-order valence-corrected chi connectivity index (χ2v) is 7.07. The predicted octanol–water partition coefficient (Wildman–Crippen LogP) is -1.00. The zero-order chi connectivity index (χ0) is 13.3. The van der Waals surface area contributed by atoms with Crippen LogP contribution in [0.1, 0.15) is 13.8 Å². The summed E-state index contributed by atoms with van der Waals surface area (Å²) in [6, 6.07) is -0.124. The number of methoxy groups -OCH3 is 1. The number of nitrogens with zero attached hydrogens (tertiary/aromatic N) is 1. The van der Waals surface area contributed by atoms with Gasteiger partial charge in [-0.2, -0.15) is 0 Å². The lowest BCUT2D eigenvalue weighted by molar-refractivity contribution is -0.147. The number of carbonyl (C=O) groups excluding carboxylic acids is 1. The van der Waals surface area contributed by atoms with E-state index in [1.807, 2.05) is 11.8 Å². The molecule has 0 aliphatic carbocycles. The van der Waals surface area contributed by atoms with Crippen LogP contribution >= 0.6 is 0 Å². The van der Waals surface area contributed by atoms with Crippen molar-refractivity contribution < 1.29 is 17.9 Å². The second-order valence-electron chi connectivity index (χ2n) is 4.84. The molecule has 0 bridgehead atoms. The summed E-state index contributed by atoms with van der Waals surface area (Å²) in [5, 5.41) is 0. The minimum atomic E-state index is -2.94. The quantitative estimate of drug-likeness (QED) is 0.657. The normalized spacial score (nSPS) is 28.4. The maximum absolute atomic E-state index is 11.4. The Bertz CT molecular complexity index is 391. The van der Waals surface area contributed by atoms with Crippen molar-refractivity contribution in [1.82, 2.24) is 4.90 Å². The first-order valence-electron chi connectivity index (χ1n) is 5.50. The van der Waals surface area contributed by atoms with Crippen LogP contribution in [0.25, 0.3) is 0 Å². The van der Waals surface area contributed by atoms with Crippen molar-refractivity contribution in [1.29, 1.82) is 0 Å². The molecular formula is C10H20N2O4S. The number of esters is 1. The summed E-state index contributed by atoms with van der Waals surface area (Å²) in [6.07, 6.45) is 0. The molecule has 0 spiro atoms. The van der Waals surface area contributed by atoms with Crippen LogP contribution in [-0.4, -0.2) is 62.6 Å². The summed E-state index contributed by atoms with van der Waals surface area (Å²) >= 11 is 0. The zero-order valence-corrected chi connectivity index (χ0v) is 11.3. The lowest BCUT2D eigenvalue weighted by Gasteiger charge is -2.37. The van der Waals surface area contributed by atoms with E-state index in [1.165, 1.54) is 7.11 Å². The van der Waals surface area contributed by atoms with Gasteiger partial charge in [-0.15, -0.1) is 0 Å². The molecule has 2 N–H and O–H groups in total. The van der Waals surface area contributed by atoms with Crippen LogP contribution in [0.2, 0.25) is 0 Å². The van der Waals surface area contributed by atoms with Gasteiger partial charge in [0, 0.05) is 19.1 Å². The molecule has 0 amide bonds. The topological polar surface area (TPSA) is 89.7 Å². The minimum absolute atomic E-state index is 0.115. The second kappa shape index (κ2) is 4.91. The molecule has 0 radical (unpaired) electrons. The molecule has 2 atom stereocenters. The van der Waals surface area contributed by atoms with Crippen LogP contribution in [0.5, 0.6) is 0 Å². The third-order valence-corrected chi connectivity index (χ3v) is 4.79. The molecule has 1 heterocycles. The van der Waals surface area contributed by atoms with Crippen molar-refractivity contribution in [3.05, 3.63) is 0 Å². The number of rotatable bonds is 3.